The largest absolute Gasteiger partial charge is 0.416 e. The maximum absolute atomic E-state index is 13.2. The van der Waals surface area contributed by atoms with Gasteiger partial charge in [-0.25, -0.2) is 4.99 Å². The van der Waals surface area contributed by atoms with E-state index in [9.17, 15) is 18.0 Å². The minimum Gasteiger partial charge on any atom is -0.381 e. The zero-order valence-electron chi connectivity index (χ0n) is 17.1. The minimum absolute atomic E-state index is 0.00314. The minimum atomic E-state index is -4.46. The number of carbonyl (C=O) groups is 1. The van der Waals surface area contributed by atoms with Crippen molar-refractivity contribution >= 4 is 17.3 Å². The molecule has 7 heteroatoms. The summed E-state index contributed by atoms with van der Waals surface area (Å²) in [6.07, 6.45) is 5.25. The van der Waals surface area contributed by atoms with Crippen LogP contribution in [0.3, 0.4) is 0 Å². The number of nitrogens with zero attached hydrogens (tertiary/aromatic N) is 2. The molecule has 1 aliphatic carbocycles. The number of amides is 1. The lowest BCUT2D eigenvalue weighted by atomic mass is 10.1. The Hall–Kier alpha value is -2.67. The molecule has 0 saturated carbocycles. The van der Waals surface area contributed by atoms with Gasteiger partial charge in [-0.1, -0.05) is 38.1 Å². The molecule has 2 saturated heterocycles. The lowest BCUT2D eigenvalue weighted by Crippen LogP contribution is -2.40. The van der Waals surface area contributed by atoms with Crippen LogP contribution in [0.5, 0.6) is 0 Å². The van der Waals surface area contributed by atoms with Crippen molar-refractivity contribution in [3.63, 3.8) is 0 Å². The molecule has 0 radical (unpaired) electrons. The van der Waals surface area contributed by atoms with Gasteiger partial charge in [-0.05, 0) is 43.5 Å². The predicted octanol–water partition coefficient (Wildman–Crippen LogP) is 5.60. The lowest BCUT2D eigenvalue weighted by Gasteiger charge is -2.31. The van der Waals surface area contributed by atoms with E-state index in [0.29, 0.717) is 25.2 Å². The van der Waals surface area contributed by atoms with Gasteiger partial charge in [0.1, 0.15) is 5.71 Å². The molecule has 2 fully saturated rings. The molecule has 4 rings (SSSR count). The molecule has 0 unspecified atom stereocenters. The molecule has 4 nitrogen and oxygen atoms in total. The maximum atomic E-state index is 13.2. The maximum Gasteiger partial charge on any atom is 0.416 e. The molecule has 0 atom stereocenters. The number of carbonyl (C=O) groups excluding carboxylic acids is 1. The highest BCUT2D eigenvalue weighted by Gasteiger charge is 2.41. The summed E-state index contributed by atoms with van der Waals surface area (Å²) in [6, 6.07) is 4.74. The van der Waals surface area contributed by atoms with Gasteiger partial charge in [0.25, 0.3) is 5.91 Å². The zero-order chi connectivity index (χ0) is 21.7. The topological polar surface area (TPSA) is 41.9 Å². The third-order valence-corrected chi connectivity index (χ3v) is 5.03. The summed E-state index contributed by atoms with van der Waals surface area (Å²) < 4.78 is 44.5. The fourth-order valence-corrected chi connectivity index (χ4v) is 3.68. The predicted molar refractivity (Wildman–Crippen MR) is 110 cm³/mol. The van der Waals surface area contributed by atoms with Crippen LogP contribution < -0.4 is 0 Å². The first-order valence-electron chi connectivity index (χ1n) is 10.2. The summed E-state index contributed by atoms with van der Waals surface area (Å²) in [5.74, 6) is -0.267. The van der Waals surface area contributed by atoms with E-state index in [4.69, 9.17) is 4.74 Å². The van der Waals surface area contributed by atoms with Crippen molar-refractivity contribution in [1.82, 2.24) is 4.90 Å². The number of hydrogen-bond acceptors (Lipinski definition) is 3. The lowest BCUT2D eigenvalue weighted by molar-refractivity contribution is -0.137. The van der Waals surface area contributed by atoms with E-state index in [1.165, 1.54) is 12.1 Å². The zero-order valence-corrected chi connectivity index (χ0v) is 17.1. The summed E-state index contributed by atoms with van der Waals surface area (Å²) in [7, 11) is 0. The summed E-state index contributed by atoms with van der Waals surface area (Å²) >= 11 is 0. The van der Waals surface area contributed by atoms with Crippen LogP contribution >= 0.6 is 0 Å². The second kappa shape index (κ2) is 9.43. The third kappa shape index (κ3) is 4.56. The Morgan fingerprint density at radius 3 is 2.60 bits per heavy atom. The quantitative estimate of drug-likeness (QED) is 0.628. The Labute approximate surface area is 174 Å². The molecule has 3 aliphatic rings. The molecule has 1 aromatic rings. The van der Waals surface area contributed by atoms with Crippen LogP contribution in [0.4, 0.5) is 18.9 Å². The Morgan fingerprint density at radius 2 is 1.90 bits per heavy atom. The van der Waals surface area contributed by atoms with E-state index < -0.39 is 11.7 Å². The number of aliphatic imine (C=N–C) groups is 1. The molecular formula is C23H25F3N2O2. The standard InChI is InChI=1S/C21H19F3N2O2.C2H6/c22-21(23,24)14-5-4-6-15(13-14)25-19-17-7-2-1-3-8-18(17)26(20(19)27)16-9-11-28-12-10-16;1-2/h1,3-8,13,16H,2,9-12H2;1-2H3. The number of halogens is 3. The van der Waals surface area contributed by atoms with Gasteiger partial charge >= 0.3 is 6.18 Å². The second-order valence-electron chi connectivity index (χ2n) is 6.86. The normalized spacial score (nSPS) is 20.9. The molecule has 160 valence electrons. The van der Waals surface area contributed by atoms with Crippen LogP contribution in [0.25, 0.3) is 0 Å². The summed E-state index contributed by atoms with van der Waals surface area (Å²) in [6.45, 7) is 5.16. The van der Waals surface area contributed by atoms with Crippen molar-refractivity contribution in [2.75, 3.05) is 13.2 Å². The van der Waals surface area contributed by atoms with Gasteiger partial charge in [-0.3, -0.25) is 4.79 Å². The average Bonchev–Trinajstić information content (AvgIpc) is 2.89. The molecular weight excluding hydrogens is 393 g/mol. The SMILES string of the molecule is CC.O=C1C(=Nc2cccc(C(F)(F)F)c2)C2=CCC=CC=C2N1C1CCOCC1. The number of alkyl halides is 3. The van der Waals surface area contributed by atoms with Gasteiger partial charge in [-0.15, -0.1) is 0 Å². The highest BCUT2D eigenvalue weighted by atomic mass is 19.4. The van der Waals surface area contributed by atoms with E-state index in [0.717, 1.165) is 30.7 Å². The van der Waals surface area contributed by atoms with Crippen LogP contribution in [0.15, 0.2) is 64.8 Å². The van der Waals surface area contributed by atoms with E-state index in [-0.39, 0.29) is 23.3 Å². The Morgan fingerprint density at radius 1 is 1.17 bits per heavy atom. The van der Waals surface area contributed by atoms with Crippen molar-refractivity contribution in [2.45, 2.75) is 45.3 Å². The smallest absolute Gasteiger partial charge is 0.381 e. The van der Waals surface area contributed by atoms with Gasteiger partial charge in [0.2, 0.25) is 0 Å². The van der Waals surface area contributed by atoms with Gasteiger partial charge in [0.05, 0.1) is 16.9 Å². The van der Waals surface area contributed by atoms with Gasteiger partial charge in [-0.2, -0.15) is 13.2 Å². The Balaban J connectivity index is 0.00000124. The van der Waals surface area contributed by atoms with Crippen molar-refractivity contribution in [3.8, 4) is 0 Å². The number of benzene rings is 1. The monoisotopic (exact) mass is 418 g/mol. The van der Waals surface area contributed by atoms with Crippen LogP contribution in [-0.4, -0.2) is 35.8 Å². The highest BCUT2D eigenvalue weighted by Crippen LogP contribution is 2.36. The van der Waals surface area contributed by atoms with Crippen molar-refractivity contribution in [1.29, 1.82) is 0 Å². The summed E-state index contributed by atoms with van der Waals surface area (Å²) in [5, 5.41) is 0. The number of allylic oxidation sites excluding steroid dienone is 5. The fraction of sp³-hybridized carbons (Fsp3) is 0.391. The van der Waals surface area contributed by atoms with E-state index in [1.807, 2.05) is 38.2 Å². The van der Waals surface area contributed by atoms with Crippen LogP contribution in [-0.2, 0) is 15.7 Å². The molecule has 0 N–H and O–H groups in total. The first kappa shape index (κ1) is 22.0. The van der Waals surface area contributed by atoms with Gasteiger partial charge in [0.15, 0.2) is 0 Å². The number of ether oxygens (including phenoxy) is 1. The molecule has 30 heavy (non-hydrogen) atoms. The third-order valence-electron chi connectivity index (χ3n) is 5.03. The average molecular weight is 418 g/mol. The Kier molecular flexibility index (Phi) is 6.92. The van der Waals surface area contributed by atoms with Crippen LogP contribution in [0.1, 0.15) is 38.7 Å². The van der Waals surface area contributed by atoms with Crippen molar-refractivity contribution in [2.24, 2.45) is 4.99 Å². The Bertz CT molecular complexity index is 907. The number of hydrogen-bond donors (Lipinski definition) is 0. The van der Waals surface area contributed by atoms with Crippen LogP contribution in [0.2, 0.25) is 0 Å². The number of fused-ring (bicyclic) bond motifs is 1. The molecule has 0 aromatic heterocycles. The molecule has 0 spiro atoms. The van der Waals surface area contributed by atoms with Crippen molar-refractivity contribution < 1.29 is 22.7 Å². The van der Waals surface area contributed by atoms with Gasteiger partial charge < -0.3 is 9.64 Å². The molecule has 1 aromatic carbocycles. The first-order valence-corrected chi connectivity index (χ1v) is 10.2. The highest BCUT2D eigenvalue weighted by molar-refractivity contribution is 6.50. The molecule has 0 bridgehead atoms. The van der Waals surface area contributed by atoms with Crippen LogP contribution in [0, 0.1) is 0 Å². The molecule has 2 aliphatic heterocycles. The second-order valence-corrected chi connectivity index (χ2v) is 6.86. The van der Waals surface area contributed by atoms with Crippen molar-refractivity contribution in [3.05, 3.63) is 65.4 Å². The van der Waals surface area contributed by atoms with Gasteiger partial charge in [0, 0.05) is 24.8 Å². The number of rotatable bonds is 2. The summed E-state index contributed by atoms with van der Waals surface area (Å²) in [5.41, 5.74) is 0.967. The molecule has 2 heterocycles. The summed E-state index contributed by atoms with van der Waals surface area (Å²) in [4.78, 5) is 19.3. The van der Waals surface area contributed by atoms with E-state index in [2.05, 4.69) is 4.99 Å². The first-order chi connectivity index (χ1) is 14.4. The van der Waals surface area contributed by atoms with E-state index >= 15 is 0 Å². The number of likely N-dealkylation sites (tertiary alicyclic amines) is 1. The fourth-order valence-electron chi connectivity index (χ4n) is 3.68. The molecule has 1 amide bonds. The van der Waals surface area contributed by atoms with E-state index in [1.54, 1.807) is 4.90 Å².